The van der Waals surface area contributed by atoms with Crippen molar-refractivity contribution in [2.24, 2.45) is 11.8 Å². The van der Waals surface area contributed by atoms with E-state index in [1.807, 2.05) is 13.8 Å². The van der Waals surface area contributed by atoms with Crippen LogP contribution < -0.4 is 10.9 Å². The van der Waals surface area contributed by atoms with Crippen LogP contribution in [0.15, 0.2) is 17.1 Å². The number of fused-ring (bicyclic) bond motifs is 1. The SMILES string of the molecule is CC(C)Cn1c(=O)c(C(=O)NC2CC2)c(O)n2ncc(/C=C/C(=O)N(C)CC3CCOCC3)c12. The van der Waals surface area contributed by atoms with E-state index in [1.54, 1.807) is 18.0 Å². The molecule has 2 amide bonds. The maximum Gasteiger partial charge on any atom is 0.270 e. The number of rotatable bonds is 8. The van der Waals surface area contributed by atoms with E-state index >= 15 is 0 Å². The Morgan fingerprint density at radius 1 is 1.29 bits per heavy atom. The van der Waals surface area contributed by atoms with Gasteiger partial charge in [-0.3, -0.25) is 19.0 Å². The number of nitrogens with zero attached hydrogens (tertiary/aromatic N) is 4. The third-order valence-corrected chi connectivity index (χ3v) is 6.25. The number of carbonyl (C=O) groups is 2. The number of carbonyl (C=O) groups excluding carboxylic acids is 2. The zero-order valence-corrected chi connectivity index (χ0v) is 20.0. The Kier molecular flexibility index (Phi) is 7.06. The van der Waals surface area contributed by atoms with Crippen LogP contribution in [0, 0.1) is 11.8 Å². The first-order valence-electron chi connectivity index (χ1n) is 11.9. The van der Waals surface area contributed by atoms with E-state index < -0.39 is 17.3 Å². The molecule has 0 aromatic carbocycles. The summed E-state index contributed by atoms with van der Waals surface area (Å²) in [4.78, 5) is 40.4. The molecule has 3 heterocycles. The van der Waals surface area contributed by atoms with Gasteiger partial charge in [-0.2, -0.15) is 9.61 Å². The highest BCUT2D eigenvalue weighted by Crippen LogP contribution is 2.24. The second-order valence-corrected chi connectivity index (χ2v) is 9.70. The molecule has 2 N–H and O–H groups in total. The zero-order valence-electron chi connectivity index (χ0n) is 20.0. The van der Waals surface area contributed by atoms with E-state index in [2.05, 4.69) is 10.4 Å². The molecule has 0 unspecified atom stereocenters. The minimum Gasteiger partial charge on any atom is -0.492 e. The van der Waals surface area contributed by atoms with Crippen molar-refractivity contribution in [3.63, 3.8) is 0 Å². The van der Waals surface area contributed by atoms with E-state index in [-0.39, 0.29) is 23.4 Å². The minimum atomic E-state index is -0.595. The Balaban J connectivity index is 1.64. The number of hydrogen-bond acceptors (Lipinski definition) is 6. The minimum absolute atomic E-state index is 0.0424. The summed E-state index contributed by atoms with van der Waals surface area (Å²) >= 11 is 0. The number of ether oxygens (including phenoxy) is 1. The Labute approximate surface area is 198 Å². The van der Waals surface area contributed by atoms with Gasteiger partial charge in [0.2, 0.25) is 11.8 Å². The first-order chi connectivity index (χ1) is 16.3. The fourth-order valence-corrected chi connectivity index (χ4v) is 4.24. The second kappa shape index (κ2) is 10.0. The smallest absolute Gasteiger partial charge is 0.270 e. The maximum atomic E-state index is 13.3. The molecule has 1 saturated heterocycles. The van der Waals surface area contributed by atoms with Gasteiger partial charge in [-0.1, -0.05) is 13.8 Å². The number of hydrogen-bond donors (Lipinski definition) is 2. The number of aromatic hydroxyl groups is 1. The molecule has 2 aromatic heterocycles. The first kappa shape index (κ1) is 24.0. The van der Waals surface area contributed by atoms with Crippen LogP contribution in [0.2, 0.25) is 0 Å². The summed E-state index contributed by atoms with van der Waals surface area (Å²) in [6.07, 6.45) is 8.14. The lowest BCUT2D eigenvalue weighted by molar-refractivity contribution is -0.125. The van der Waals surface area contributed by atoms with Gasteiger partial charge in [-0.25, -0.2) is 0 Å². The van der Waals surface area contributed by atoms with Crippen molar-refractivity contribution in [3.05, 3.63) is 33.8 Å². The molecule has 10 heteroatoms. The maximum absolute atomic E-state index is 13.3. The monoisotopic (exact) mass is 471 g/mol. The summed E-state index contributed by atoms with van der Waals surface area (Å²) < 4.78 is 8.03. The molecule has 0 atom stereocenters. The number of aromatic nitrogens is 3. The van der Waals surface area contributed by atoms with Crippen molar-refractivity contribution < 1.29 is 19.4 Å². The lowest BCUT2D eigenvalue weighted by Gasteiger charge is -2.26. The van der Waals surface area contributed by atoms with Gasteiger partial charge in [0.25, 0.3) is 11.5 Å². The highest BCUT2D eigenvalue weighted by atomic mass is 16.5. The normalized spacial score (nSPS) is 17.1. The predicted molar refractivity (Wildman–Crippen MR) is 127 cm³/mol. The van der Waals surface area contributed by atoms with E-state index in [0.29, 0.717) is 30.2 Å². The Hall–Kier alpha value is -3.14. The highest BCUT2D eigenvalue weighted by Gasteiger charge is 2.30. The van der Waals surface area contributed by atoms with E-state index in [9.17, 15) is 19.5 Å². The van der Waals surface area contributed by atoms with Crippen molar-refractivity contribution in [1.82, 2.24) is 24.4 Å². The third kappa shape index (κ3) is 5.16. The quantitative estimate of drug-likeness (QED) is 0.565. The van der Waals surface area contributed by atoms with Crippen LogP contribution in [-0.4, -0.2) is 68.9 Å². The van der Waals surface area contributed by atoms with Crippen LogP contribution in [0.5, 0.6) is 5.88 Å². The van der Waals surface area contributed by atoms with Crippen molar-refractivity contribution >= 4 is 23.5 Å². The summed E-state index contributed by atoms with van der Waals surface area (Å²) in [6, 6.07) is 0.0424. The van der Waals surface area contributed by atoms with Crippen molar-refractivity contribution in [2.45, 2.75) is 52.1 Å². The zero-order chi connectivity index (χ0) is 24.4. The lowest BCUT2D eigenvalue weighted by Crippen LogP contribution is -2.36. The molecule has 0 bridgehead atoms. The molecule has 1 aliphatic carbocycles. The lowest BCUT2D eigenvalue weighted by atomic mass is 10.00. The molecular weight excluding hydrogens is 438 g/mol. The molecule has 0 radical (unpaired) electrons. The van der Waals surface area contributed by atoms with Crippen LogP contribution >= 0.6 is 0 Å². The van der Waals surface area contributed by atoms with Gasteiger partial charge < -0.3 is 20.1 Å². The molecular formula is C24H33N5O5. The number of amides is 2. The standard InChI is InChI=1S/C24H33N5O5/c1-15(2)13-28-22-17(4-7-19(30)27(3)14-16-8-10-34-11-9-16)12-25-29(22)24(33)20(23(28)32)21(31)26-18-5-6-18/h4,7,12,15-16,18,33H,5-6,8-11,13-14H2,1-3H3,(H,26,31)/b7-4+. The van der Waals surface area contributed by atoms with E-state index in [1.165, 1.54) is 21.4 Å². The second-order valence-electron chi connectivity index (χ2n) is 9.70. The Bertz CT molecular complexity index is 1150. The van der Waals surface area contributed by atoms with Crippen LogP contribution in [0.25, 0.3) is 11.7 Å². The van der Waals surface area contributed by atoms with E-state index in [4.69, 9.17) is 4.74 Å². The molecule has 34 heavy (non-hydrogen) atoms. The summed E-state index contributed by atoms with van der Waals surface area (Å²) in [7, 11) is 1.77. The Morgan fingerprint density at radius 2 is 2.00 bits per heavy atom. The van der Waals surface area contributed by atoms with Gasteiger partial charge in [0.15, 0.2) is 5.56 Å². The predicted octanol–water partition coefficient (Wildman–Crippen LogP) is 1.65. The molecule has 2 fully saturated rings. The molecule has 10 nitrogen and oxygen atoms in total. The van der Waals surface area contributed by atoms with Crippen molar-refractivity contribution in [3.8, 4) is 5.88 Å². The van der Waals surface area contributed by atoms with Crippen LogP contribution in [0.1, 0.15) is 55.5 Å². The molecule has 1 aliphatic heterocycles. The fraction of sp³-hybridized carbons (Fsp3) is 0.583. The number of nitrogens with one attached hydrogen (secondary N) is 1. The summed E-state index contributed by atoms with van der Waals surface area (Å²) in [5.74, 6) is -0.735. The third-order valence-electron chi connectivity index (χ3n) is 6.25. The fourth-order valence-electron chi connectivity index (χ4n) is 4.24. The molecule has 1 saturated carbocycles. The average Bonchev–Trinajstić information content (AvgIpc) is 3.50. The van der Waals surface area contributed by atoms with Crippen molar-refractivity contribution in [2.75, 3.05) is 26.8 Å². The summed E-state index contributed by atoms with van der Waals surface area (Å²) in [6.45, 7) is 6.35. The average molecular weight is 472 g/mol. The highest BCUT2D eigenvalue weighted by molar-refractivity contribution is 5.97. The van der Waals surface area contributed by atoms with Gasteiger partial charge in [0, 0.05) is 51.0 Å². The molecule has 184 valence electrons. The first-order valence-corrected chi connectivity index (χ1v) is 11.9. The van der Waals surface area contributed by atoms with Gasteiger partial charge in [-0.05, 0) is 43.6 Å². The topological polar surface area (TPSA) is 118 Å². The Morgan fingerprint density at radius 3 is 2.65 bits per heavy atom. The molecule has 4 rings (SSSR count). The molecule has 2 aromatic rings. The van der Waals surface area contributed by atoms with Gasteiger partial charge in [0.05, 0.1) is 6.20 Å². The molecule has 0 spiro atoms. The van der Waals surface area contributed by atoms with E-state index in [0.717, 1.165) is 38.9 Å². The summed E-state index contributed by atoms with van der Waals surface area (Å²) in [5.41, 5.74) is -0.0359. The van der Waals surface area contributed by atoms with Crippen LogP contribution in [0.3, 0.4) is 0 Å². The van der Waals surface area contributed by atoms with Crippen LogP contribution in [-0.2, 0) is 16.1 Å². The van der Waals surface area contributed by atoms with Gasteiger partial charge >= 0.3 is 0 Å². The molecule has 2 aliphatic rings. The van der Waals surface area contributed by atoms with Crippen molar-refractivity contribution in [1.29, 1.82) is 0 Å². The number of likely N-dealkylation sites (N-methyl/N-ethyl adjacent to an activating group) is 1. The largest absolute Gasteiger partial charge is 0.492 e. The summed E-state index contributed by atoms with van der Waals surface area (Å²) in [5, 5.41) is 17.8. The van der Waals surface area contributed by atoms with Gasteiger partial charge in [-0.15, -0.1) is 0 Å². The van der Waals surface area contributed by atoms with Gasteiger partial charge in [0.1, 0.15) is 5.65 Å². The van der Waals surface area contributed by atoms with Crippen LogP contribution in [0.4, 0.5) is 0 Å².